The molecule has 102 valence electrons. The topological polar surface area (TPSA) is 105 Å². The molecule has 0 fully saturated rings. The summed E-state index contributed by atoms with van der Waals surface area (Å²) in [4.78, 5) is 24.4. The molecule has 7 nitrogen and oxygen atoms in total. The summed E-state index contributed by atoms with van der Waals surface area (Å²) < 4.78 is 0. The molecular formula is C11H13N3O4S. The van der Waals surface area contributed by atoms with Gasteiger partial charge in [-0.25, -0.2) is 4.79 Å². The minimum absolute atomic E-state index is 0.157. The molecule has 1 aromatic rings. The molecule has 0 aliphatic heterocycles. The van der Waals surface area contributed by atoms with Crippen LogP contribution in [0.25, 0.3) is 0 Å². The van der Waals surface area contributed by atoms with E-state index in [1.165, 1.54) is 6.20 Å². The third-order valence-corrected chi connectivity index (χ3v) is 3.07. The number of nitrogens with one attached hydrogen (secondary N) is 1. The van der Waals surface area contributed by atoms with Gasteiger partial charge in [-0.05, 0) is 9.91 Å². The number of nitrogens with zero attached hydrogens (tertiary/aromatic N) is 2. The van der Waals surface area contributed by atoms with E-state index in [0.29, 0.717) is 6.54 Å². The van der Waals surface area contributed by atoms with Crippen LogP contribution in [0.4, 0.5) is 11.5 Å². The fraction of sp³-hybridized carbons (Fsp3) is 0.273. The van der Waals surface area contributed by atoms with E-state index in [2.05, 4.69) is 16.9 Å². The number of aromatic carboxylic acids is 1. The molecule has 0 spiro atoms. The number of hydrogen-bond donors (Lipinski definition) is 2. The second-order valence-electron chi connectivity index (χ2n) is 3.44. The van der Waals surface area contributed by atoms with E-state index < -0.39 is 16.7 Å². The summed E-state index contributed by atoms with van der Waals surface area (Å²) in [5, 5.41) is 22.4. The number of carbonyl (C=O) groups is 1. The molecule has 0 unspecified atom stereocenters. The van der Waals surface area contributed by atoms with Crippen LogP contribution in [0.3, 0.4) is 0 Å². The lowest BCUT2D eigenvalue weighted by molar-refractivity contribution is -0.389. The van der Waals surface area contributed by atoms with E-state index in [9.17, 15) is 14.9 Å². The van der Waals surface area contributed by atoms with Crippen LogP contribution < -0.4 is 5.32 Å². The normalized spacial score (nSPS) is 9.89. The van der Waals surface area contributed by atoms with Crippen molar-refractivity contribution >= 4 is 29.2 Å². The fourth-order valence-corrected chi connectivity index (χ4v) is 1.87. The highest BCUT2D eigenvalue weighted by molar-refractivity contribution is 7.99. The standard InChI is InChI=1S/C11H13N3O4S/c1-2-4-19-5-3-12-9-7-13-10(14(17)18)6-8(9)11(15)16/h2,6-7,12H,1,3-5H2,(H,15,16). The fourth-order valence-electron chi connectivity index (χ4n) is 1.29. The zero-order valence-electron chi connectivity index (χ0n) is 10.0. The van der Waals surface area contributed by atoms with Crippen molar-refractivity contribution in [3.05, 3.63) is 40.6 Å². The highest BCUT2D eigenvalue weighted by Gasteiger charge is 2.17. The van der Waals surface area contributed by atoms with Crippen LogP contribution in [0.2, 0.25) is 0 Å². The molecule has 1 rings (SSSR count). The molecule has 19 heavy (non-hydrogen) atoms. The summed E-state index contributed by atoms with van der Waals surface area (Å²) in [7, 11) is 0. The molecule has 0 amide bonds. The van der Waals surface area contributed by atoms with Gasteiger partial charge in [0.15, 0.2) is 6.20 Å². The van der Waals surface area contributed by atoms with Gasteiger partial charge in [-0.3, -0.25) is 0 Å². The maximum Gasteiger partial charge on any atom is 0.364 e. The second kappa shape index (κ2) is 7.37. The van der Waals surface area contributed by atoms with Crippen LogP contribution in [0.15, 0.2) is 24.9 Å². The first-order chi connectivity index (χ1) is 9.06. The molecule has 0 bridgehead atoms. The summed E-state index contributed by atoms with van der Waals surface area (Å²) >= 11 is 1.64. The monoisotopic (exact) mass is 283 g/mol. The first-order valence-corrected chi connectivity index (χ1v) is 6.52. The average Bonchev–Trinajstić information content (AvgIpc) is 2.38. The van der Waals surface area contributed by atoms with Gasteiger partial charge in [0.05, 0.1) is 17.3 Å². The zero-order chi connectivity index (χ0) is 14.3. The number of pyridine rings is 1. The van der Waals surface area contributed by atoms with E-state index in [1.807, 2.05) is 0 Å². The van der Waals surface area contributed by atoms with Gasteiger partial charge in [0.1, 0.15) is 0 Å². The van der Waals surface area contributed by atoms with Crippen LogP contribution in [0, 0.1) is 10.1 Å². The Hall–Kier alpha value is -2.09. The third kappa shape index (κ3) is 4.59. The molecule has 0 aliphatic rings. The molecule has 8 heteroatoms. The molecule has 2 N–H and O–H groups in total. The summed E-state index contributed by atoms with van der Waals surface area (Å²) in [6.07, 6.45) is 2.94. The Morgan fingerprint density at radius 2 is 2.42 bits per heavy atom. The molecule has 0 aromatic carbocycles. The van der Waals surface area contributed by atoms with Crippen LogP contribution >= 0.6 is 11.8 Å². The second-order valence-corrected chi connectivity index (χ2v) is 4.59. The zero-order valence-corrected chi connectivity index (χ0v) is 10.9. The van der Waals surface area contributed by atoms with Crippen LogP contribution in [-0.2, 0) is 0 Å². The Labute approximate surface area is 113 Å². The van der Waals surface area contributed by atoms with Crippen molar-refractivity contribution in [1.29, 1.82) is 0 Å². The molecule has 1 heterocycles. The average molecular weight is 283 g/mol. The predicted octanol–water partition coefficient (Wildman–Crippen LogP) is 2.02. The van der Waals surface area contributed by atoms with E-state index in [4.69, 9.17) is 5.11 Å². The van der Waals surface area contributed by atoms with Crippen molar-refractivity contribution in [3.63, 3.8) is 0 Å². The van der Waals surface area contributed by atoms with Crippen molar-refractivity contribution in [1.82, 2.24) is 4.98 Å². The summed E-state index contributed by atoms with van der Waals surface area (Å²) in [5.41, 5.74) is 0.118. The molecule has 0 saturated carbocycles. The number of nitro groups is 1. The first-order valence-electron chi connectivity index (χ1n) is 5.36. The molecule has 1 aromatic heterocycles. The molecular weight excluding hydrogens is 270 g/mol. The minimum atomic E-state index is -1.23. The van der Waals surface area contributed by atoms with Crippen LogP contribution in [0.1, 0.15) is 10.4 Å². The largest absolute Gasteiger partial charge is 0.478 e. The van der Waals surface area contributed by atoms with Crippen molar-refractivity contribution < 1.29 is 14.8 Å². The van der Waals surface area contributed by atoms with Crippen LogP contribution in [-0.4, -0.2) is 39.0 Å². The van der Waals surface area contributed by atoms with E-state index >= 15 is 0 Å². The Bertz CT molecular complexity index is 493. The lowest BCUT2D eigenvalue weighted by atomic mass is 10.2. The summed E-state index contributed by atoms with van der Waals surface area (Å²) in [6, 6.07) is 0.946. The predicted molar refractivity (Wildman–Crippen MR) is 73.9 cm³/mol. The van der Waals surface area contributed by atoms with Gasteiger partial charge in [-0.2, -0.15) is 11.8 Å². The van der Waals surface area contributed by atoms with Gasteiger partial charge in [0.2, 0.25) is 0 Å². The van der Waals surface area contributed by atoms with Gasteiger partial charge in [-0.15, -0.1) is 6.58 Å². The Morgan fingerprint density at radius 1 is 1.68 bits per heavy atom. The molecule has 0 radical (unpaired) electrons. The Balaban J connectivity index is 2.74. The number of rotatable bonds is 8. The van der Waals surface area contributed by atoms with E-state index in [-0.39, 0.29) is 11.3 Å². The van der Waals surface area contributed by atoms with Crippen molar-refractivity contribution in [2.24, 2.45) is 0 Å². The number of aromatic nitrogens is 1. The smallest absolute Gasteiger partial charge is 0.364 e. The maximum absolute atomic E-state index is 11.0. The van der Waals surface area contributed by atoms with Crippen molar-refractivity contribution in [2.45, 2.75) is 0 Å². The number of thioether (sulfide) groups is 1. The molecule has 0 saturated heterocycles. The Kier molecular flexibility index (Phi) is 5.80. The Morgan fingerprint density at radius 3 is 3.00 bits per heavy atom. The lowest BCUT2D eigenvalue weighted by Crippen LogP contribution is -2.10. The van der Waals surface area contributed by atoms with Gasteiger partial charge in [0, 0.05) is 18.1 Å². The third-order valence-electron chi connectivity index (χ3n) is 2.10. The summed E-state index contributed by atoms with van der Waals surface area (Å²) in [6.45, 7) is 4.13. The van der Waals surface area contributed by atoms with Crippen LogP contribution in [0.5, 0.6) is 0 Å². The number of carboxylic acid groups (broad SMARTS) is 1. The quantitative estimate of drug-likeness (QED) is 0.325. The number of hydrogen-bond acceptors (Lipinski definition) is 6. The SMILES string of the molecule is C=CCSCCNc1cnc([N+](=O)[O-])cc1C(=O)O. The van der Waals surface area contributed by atoms with Gasteiger partial charge in [-0.1, -0.05) is 6.08 Å². The number of carboxylic acids is 1. The van der Waals surface area contributed by atoms with E-state index in [0.717, 1.165) is 17.6 Å². The van der Waals surface area contributed by atoms with Gasteiger partial charge < -0.3 is 20.5 Å². The minimum Gasteiger partial charge on any atom is -0.478 e. The number of anilines is 1. The maximum atomic E-state index is 11.0. The van der Waals surface area contributed by atoms with Gasteiger partial charge >= 0.3 is 11.8 Å². The first kappa shape index (κ1) is 15.0. The van der Waals surface area contributed by atoms with E-state index in [1.54, 1.807) is 17.8 Å². The van der Waals surface area contributed by atoms with Gasteiger partial charge in [0.25, 0.3) is 0 Å². The highest BCUT2D eigenvalue weighted by atomic mass is 32.2. The highest BCUT2D eigenvalue weighted by Crippen LogP contribution is 2.19. The lowest BCUT2D eigenvalue weighted by Gasteiger charge is -2.07. The van der Waals surface area contributed by atoms with Crippen molar-refractivity contribution in [2.75, 3.05) is 23.4 Å². The summed E-state index contributed by atoms with van der Waals surface area (Å²) in [5.74, 6) is -0.135. The van der Waals surface area contributed by atoms with Crippen molar-refractivity contribution in [3.8, 4) is 0 Å². The molecule has 0 aliphatic carbocycles. The molecule has 0 atom stereocenters.